The summed E-state index contributed by atoms with van der Waals surface area (Å²) in [4.78, 5) is 18.1. The lowest BCUT2D eigenvalue weighted by molar-refractivity contribution is 0.0949. The third-order valence-corrected chi connectivity index (χ3v) is 4.96. The molecule has 1 fully saturated rings. The molecular formula is C15H20N4O2S. The second kappa shape index (κ2) is 6.18. The van der Waals surface area contributed by atoms with Crippen molar-refractivity contribution in [2.75, 3.05) is 13.2 Å². The first-order valence-corrected chi connectivity index (χ1v) is 8.18. The SMILES string of the molecule is Cc1nc(CNC(=O)c2cn(C)nc2[C@@H]2CCOC2)sc1C. The van der Waals surface area contributed by atoms with Gasteiger partial charge in [-0.3, -0.25) is 9.48 Å². The first kappa shape index (κ1) is 15.2. The van der Waals surface area contributed by atoms with Gasteiger partial charge in [-0.05, 0) is 20.3 Å². The summed E-state index contributed by atoms with van der Waals surface area (Å²) in [5.74, 6) is 0.117. The van der Waals surface area contributed by atoms with Crippen LogP contribution < -0.4 is 5.32 Å². The van der Waals surface area contributed by atoms with Crippen LogP contribution in [0.2, 0.25) is 0 Å². The molecule has 1 N–H and O–H groups in total. The van der Waals surface area contributed by atoms with Gasteiger partial charge in [0.25, 0.3) is 5.91 Å². The van der Waals surface area contributed by atoms with Crippen molar-refractivity contribution >= 4 is 17.2 Å². The van der Waals surface area contributed by atoms with E-state index in [9.17, 15) is 4.79 Å². The second-order valence-corrected chi connectivity index (χ2v) is 6.88. The Morgan fingerprint density at radius 1 is 1.55 bits per heavy atom. The third-order valence-electron chi connectivity index (χ3n) is 3.89. The summed E-state index contributed by atoms with van der Waals surface area (Å²) in [6.45, 7) is 5.85. The van der Waals surface area contributed by atoms with E-state index in [1.807, 2.05) is 20.9 Å². The number of hydrogen-bond acceptors (Lipinski definition) is 5. The predicted molar refractivity (Wildman–Crippen MR) is 84.1 cm³/mol. The molecule has 3 heterocycles. The van der Waals surface area contributed by atoms with Crippen LogP contribution in [0.25, 0.3) is 0 Å². The van der Waals surface area contributed by atoms with E-state index in [1.54, 1.807) is 22.2 Å². The lowest BCUT2D eigenvalue weighted by Crippen LogP contribution is -2.24. The molecule has 2 aromatic heterocycles. The van der Waals surface area contributed by atoms with Gasteiger partial charge in [-0.2, -0.15) is 5.10 Å². The summed E-state index contributed by atoms with van der Waals surface area (Å²) in [6, 6.07) is 0. The molecule has 0 saturated carbocycles. The van der Waals surface area contributed by atoms with Gasteiger partial charge in [-0.15, -0.1) is 11.3 Å². The van der Waals surface area contributed by atoms with Crippen molar-refractivity contribution in [1.82, 2.24) is 20.1 Å². The standard InChI is InChI=1S/C15H20N4O2S/c1-9-10(2)22-13(17-9)6-16-15(20)12-7-19(3)18-14(12)11-4-5-21-8-11/h7,11H,4-6,8H2,1-3H3,(H,16,20)/t11-/m1/s1. The summed E-state index contributed by atoms with van der Waals surface area (Å²) in [5, 5.41) is 8.33. The van der Waals surface area contributed by atoms with E-state index < -0.39 is 0 Å². The molecule has 0 radical (unpaired) electrons. The number of nitrogens with one attached hydrogen (secondary N) is 1. The highest BCUT2D eigenvalue weighted by atomic mass is 32.1. The van der Waals surface area contributed by atoms with Crippen LogP contribution in [-0.4, -0.2) is 33.9 Å². The van der Waals surface area contributed by atoms with Crippen molar-refractivity contribution in [2.45, 2.75) is 32.7 Å². The van der Waals surface area contributed by atoms with Crippen molar-refractivity contribution in [2.24, 2.45) is 7.05 Å². The van der Waals surface area contributed by atoms with Crippen molar-refractivity contribution in [3.63, 3.8) is 0 Å². The lowest BCUT2D eigenvalue weighted by atomic mass is 10.0. The van der Waals surface area contributed by atoms with Gasteiger partial charge in [0.1, 0.15) is 5.01 Å². The number of nitrogens with zero attached hydrogens (tertiary/aromatic N) is 3. The first-order chi connectivity index (χ1) is 10.5. The fourth-order valence-corrected chi connectivity index (χ4v) is 3.47. The number of aromatic nitrogens is 3. The average molecular weight is 320 g/mol. The molecule has 1 saturated heterocycles. The summed E-state index contributed by atoms with van der Waals surface area (Å²) in [7, 11) is 1.84. The van der Waals surface area contributed by atoms with Gasteiger partial charge >= 0.3 is 0 Å². The highest BCUT2D eigenvalue weighted by molar-refractivity contribution is 7.11. The molecule has 0 spiro atoms. The number of hydrogen-bond donors (Lipinski definition) is 1. The van der Waals surface area contributed by atoms with E-state index in [2.05, 4.69) is 15.4 Å². The largest absolute Gasteiger partial charge is 0.381 e. The van der Waals surface area contributed by atoms with Gasteiger partial charge < -0.3 is 10.1 Å². The van der Waals surface area contributed by atoms with Gasteiger partial charge in [0.2, 0.25) is 0 Å². The molecule has 1 atom stereocenters. The Hall–Kier alpha value is -1.73. The summed E-state index contributed by atoms with van der Waals surface area (Å²) in [5.41, 5.74) is 2.51. The zero-order valence-electron chi connectivity index (χ0n) is 13.0. The Morgan fingerprint density at radius 2 is 2.36 bits per heavy atom. The lowest BCUT2D eigenvalue weighted by Gasteiger charge is -2.07. The Balaban J connectivity index is 1.71. The number of aryl methyl sites for hydroxylation is 3. The zero-order chi connectivity index (χ0) is 15.7. The molecule has 1 aliphatic rings. The van der Waals surface area contributed by atoms with Crippen LogP contribution in [0.1, 0.15) is 44.0 Å². The number of amides is 1. The maximum atomic E-state index is 12.5. The normalized spacial score (nSPS) is 17.9. The molecule has 7 heteroatoms. The smallest absolute Gasteiger partial charge is 0.255 e. The Morgan fingerprint density at radius 3 is 3.00 bits per heavy atom. The number of carbonyl (C=O) groups is 1. The van der Waals surface area contributed by atoms with Gasteiger partial charge in [-0.1, -0.05) is 0 Å². The molecule has 6 nitrogen and oxygen atoms in total. The fraction of sp³-hybridized carbons (Fsp3) is 0.533. The average Bonchev–Trinajstić information content (AvgIpc) is 3.18. The molecular weight excluding hydrogens is 300 g/mol. The molecule has 0 aromatic carbocycles. The van der Waals surface area contributed by atoms with Crippen molar-refractivity contribution in [3.8, 4) is 0 Å². The monoisotopic (exact) mass is 320 g/mol. The third kappa shape index (κ3) is 3.05. The van der Waals surface area contributed by atoms with Gasteiger partial charge in [0, 0.05) is 30.6 Å². The topological polar surface area (TPSA) is 69.0 Å². The summed E-state index contributed by atoms with van der Waals surface area (Å²) >= 11 is 1.62. The van der Waals surface area contributed by atoms with Crippen molar-refractivity contribution in [3.05, 3.63) is 33.0 Å². The fourth-order valence-electron chi connectivity index (χ4n) is 2.60. The van der Waals surface area contributed by atoms with Crippen LogP contribution in [0.15, 0.2) is 6.20 Å². The van der Waals surface area contributed by atoms with Crippen molar-refractivity contribution < 1.29 is 9.53 Å². The van der Waals surface area contributed by atoms with Crippen LogP contribution in [0.4, 0.5) is 0 Å². The van der Waals surface area contributed by atoms with Crippen LogP contribution in [-0.2, 0) is 18.3 Å². The minimum atomic E-state index is -0.0968. The Labute approximate surface area is 133 Å². The van der Waals surface area contributed by atoms with E-state index in [0.717, 1.165) is 29.4 Å². The molecule has 0 bridgehead atoms. The predicted octanol–water partition coefficient (Wildman–Crippen LogP) is 1.93. The van der Waals surface area contributed by atoms with Crippen LogP contribution in [0.5, 0.6) is 0 Å². The van der Waals surface area contributed by atoms with Crippen molar-refractivity contribution in [1.29, 1.82) is 0 Å². The number of rotatable bonds is 4. The van der Waals surface area contributed by atoms with Gasteiger partial charge in [0.05, 0.1) is 30.1 Å². The maximum Gasteiger partial charge on any atom is 0.255 e. The molecule has 1 amide bonds. The minimum absolute atomic E-state index is 0.0968. The highest BCUT2D eigenvalue weighted by Crippen LogP contribution is 2.26. The highest BCUT2D eigenvalue weighted by Gasteiger charge is 2.26. The molecule has 2 aromatic rings. The first-order valence-electron chi connectivity index (χ1n) is 7.37. The van der Waals surface area contributed by atoms with Gasteiger partial charge in [0.15, 0.2) is 0 Å². The van der Waals surface area contributed by atoms with Crippen LogP contribution in [0.3, 0.4) is 0 Å². The maximum absolute atomic E-state index is 12.5. The van der Waals surface area contributed by atoms with E-state index >= 15 is 0 Å². The molecule has 22 heavy (non-hydrogen) atoms. The molecule has 0 unspecified atom stereocenters. The minimum Gasteiger partial charge on any atom is -0.381 e. The quantitative estimate of drug-likeness (QED) is 0.934. The van der Waals surface area contributed by atoms with Crippen LogP contribution in [0, 0.1) is 13.8 Å². The van der Waals surface area contributed by atoms with E-state index in [-0.39, 0.29) is 11.8 Å². The number of ether oxygens (including phenoxy) is 1. The second-order valence-electron chi connectivity index (χ2n) is 5.59. The Kier molecular flexibility index (Phi) is 4.26. The van der Waals surface area contributed by atoms with Crippen LogP contribution >= 0.6 is 11.3 Å². The van der Waals surface area contributed by atoms with E-state index in [0.29, 0.717) is 18.7 Å². The molecule has 0 aliphatic carbocycles. The number of thiazole rings is 1. The molecule has 118 valence electrons. The summed E-state index contributed by atoms with van der Waals surface area (Å²) < 4.78 is 7.11. The van der Waals surface area contributed by atoms with Gasteiger partial charge in [-0.25, -0.2) is 4.98 Å². The van der Waals surface area contributed by atoms with E-state index in [1.165, 1.54) is 4.88 Å². The number of carbonyl (C=O) groups excluding carboxylic acids is 1. The Bertz CT molecular complexity index is 666. The summed E-state index contributed by atoms with van der Waals surface area (Å²) in [6.07, 6.45) is 2.70. The molecule has 3 rings (SSSR count). The molecule has 1 aliphatic heterocycles. The van der Waals surface area contributed by atoms with E-state index in [4.69, 9.17) is 4.74 Å². The zero-order valence-corrected chi connectivity index (χ0v) is 13.9.